The number of urea groups is 1. The molecule has 0 unspecified atom stereocenters. The van der Waals surface area contributed by atoms with Crippen molar-refractivity contribution in [2.24, 2.45) is 5.73 Å². The third kappa shape index (κ3) is 4.37. The smallest absolute Gasteiger partial charge is 0.326 e. The second-order valence-electron chi connectivity index (χ2n) is 3.88. The van der Waals surface area contributed by atoms with E-state index in [-0.39, 0.29) is 0 Å². The molecular formula is C11H10F3N3O4. The number of halogens is 3. The van der Waals surface area contributed by atoms with Gasteiger partial charge >= 0.3 is 12.0 Å². The summed E-state index contributed by atoms with van der Waals surface area (Å²) in [5, 5.41) is 12.4. The SMILES string of the molecule is NC(=O)C[C@H](NC(=O)Nc1ccc(F)c(F)c1F)C(=O)O. The van der Waals surface area contributed by atoms with E-state index in [1.807, 2.05) is 5.32 Å². The summed E-state index contributed by atoms with van der Waals surface area (Å²) in [7, 11) is 0. The Bertz CT molecular complexity index is 594. The zero-order valence-corrected chi connectivity index (χ0v) is 10.3. The molecule has 7 nitrogen and oxygen atoms in total. The Morgan fingerprint density at radius 2 is 1.81 bits per heavy atom. The normalized spacial score (nSPS) is 11.6. The van der Waals surface area contributed by atoms with Gasteiger partial charge in [0.25, 0.3) is 0 Å². The van der Waals surface area contributed by atoms with Crippen LogP contribution < -0.4 is 16.4 Å². The summed E-state index contributed by atoms with van der Waals surface area (Å²) in [5.41, 5.74) is 4.10. The molecule has 1 aromatic rings. The van der Waals surface area contributed by atoms with Crippen LogP contribution in [0.1, 0.15) is 6.42 Å². The Hall–Kier alpha value is -2.78. The van der Waals surface area contributed by atoms with Crippen molar-refractivity contribution in [2.75, 3.05) is 5.32 Å². The highest BCUT2D eigenvalue weighted by atomic mass is 19.2. The minimum atomic E-state index is -1.79. The van der Waals surface area contributed by atoms with E-state index in [4.69, 9.17) is 10.8 Å². The fourth-order valence-corrected chi connectivity index (χ4v) is 1.34. The van der Waals surface area contributed by atoms with Crippen LogP contribution >= 0.6 is 0 Å². The predicted molar refractivity (Wildman–Crippen MR) is 63.7 cm³/mol. The first-order valence-corrected chi connectivity index (χ1v) is 5.44. The van der Waals surface area contributed by atoms with E-state index in [2.05, 4.69) is 0 Å². The Morgan fingerprint density at radius 1 is 1.19 bits per heavy atom. The number of carbonyl (C=O) groups is 3. The quantitative estimate of drug-likeness (QED) is 0.593. The third-order valence-corrected chi connectivity index (χ3v) is 2.29. The number of carbonyl (C=O) groups excluding carboxylic acids is 2. The van der Waals surface area contributed by atoms with Gasteiger partial charge in [-0.2, -0.15) is 0 Å². The molecule has 0 aliphatic heterocycles. The van der Waals surface area contributed by atoms with Gasteiger partial charge in [0.05, 0.1) is 12.1 Å². The maximum absolute atomic E-state index is 13.3. The molecule has 0 fully saturated rings. The zero-order chi connectivity index (χ0) is 16.2. The summed E-state index contributed by atoms with van der Waals surface area (Å²) >= 11 is 0. The number of primary amides is 1. The molecule has 0 aliphatic rings. The number of aliphatic carboxylic acids is 1. The zero-order valence-electron chi connectivity index (χ0n) is 10.3. The summed E-state index contributed by atoms with van der Waals surface area (Å²) < 4.78 is 38.9. The molecule has 1 atom stereocenters. The van der Waals surface area contributed by atoms with Crippen molar-refractivity contribution in [2.45, 2.75) is 12.5 Å². The topological polar surface area (TPSA) is 122 Å². The van der Waals surface area contributed by atoms with Crippen molar-refractivity contribution in [3.63, 3.8) is 0 Å². The van der Waals surface area contributed by atoms with Gasteiger partial charge in [0.15, 0.2) is 17.5 Å². The lowest BCUT2D eigenvalue weighted by molar-refractivity contribution is -0.140. The van der Waals surface area contributed by atoms with Crippen LogP contribution in [0, 0.1) is 17.5 Å². The van der Waals surface area contributed by atoms with Gasteiger partial charge in [0, 0.05) is 0 Å². The Kier molecular flexibility index (Phi) is 5.11. The van der Waals surface area contributed by atoms with E-state index in [9.17, 15) is 27.6 Å². The van der Waals surface area contributed by atoms with Crippen LogP contribution in [0.15, 0.2) is 12.1 Å². The predicted octanol–water partition coefficient (Wildman–Crippen LogP) is 0.554. The average Bonchev–Trinajstić information content (AvgIpc) is 2.38. The maximum atomic E-state index is 13.3. The van der Waals surface area contributed by atoms with Gasteiger partial charge in [0.1, 0.15) is 6.04 Å². The van der Waals surface area contributed by atoms with E-state index in [0.29, 0.717) is 6.07 Å². The molecule has 0 bridgehead atoms. The van der Waals surface area contributed by atoms with Crippen LogP contribution in [0.3, 0.4) is 0 Å². The Morgan fingerprint density at radius 3 is 2.33 bits per heavy atom. The van der Waals surface area contributed by atoms with E-state index >= 15 is 0 Å². The third-order valence-electron chi connectivity index (χ3n) is 2.29. The molecule has 0 spiro atoms. The number of carboxylic acids is 1. The number of hydrogen-bond donors (Lipinski definition) is 4. The van der Waals surface area contributed by atoms with E-state index in [1.165, 1.54) is 0 Å². The molecule has 0 aromatic heterocycles. The summed E-state index contributed by atoms with van der Waals surface area (Å²) in [4.78, 5) is 32.8. The van der Waals surface area contributed by atoms with Gasteiger partial charge in [-0.15, -0.1) is 0 Å². The molecule has 10 heteroatoms. The summed E-state index contributed by atoms with van der Waals surface area (Å²) in [6, 6.07) is -1.55. The first-order chi connectivity index (χ1) is 9.72. The van der Waals surface area contributed by atoms with Crippen LogP contribution in [0.5, 0.6) is 0 Å². The van der Waals surface area contributed by atoms with Gasteiger partial charge in [-0.1, -0.05) is 0 Å². The highest BCUT2D eigenvalue weighted by Crippen LogP contribution is 2.19. The highest BCUT2D eigenvalue weighted by Gasteiger charge is 2.23. The van der Waals surface area contributed by atoms with Crippen LogP contribution in [0.2, 0.25) is 0 Å². The molecule has 0 saturated heterocycles. The lowest BCUT2D eigenvalue weighted by Crippen LogP contribution is -2.45. The van der Waals surface area contributed by atoms with Crippen LogP contribution in [0.4, 0.5) is 23.7 Å². The number of carboxylic acid groups (broad SMARTS) is 1. The maximum Gasteiger partial charge on any atom is 0.326 e. The van der Waals surface area contributed by atoms with Crippen LogP contribution in [-0.2, 0) is 9.59 Å². The van der Waals surface area contributed by atoms with E-state index in [1.54, 1.807) is 5.32 Å². The highest BCUT2D eigenvalue weighted by molar-refractivity contribution is 5.93. The second-order valence-corrected chi connectivity index (χ2v) is 3.88. The van der Waals surface area contributed by atoms with E-state index in [0.717, 1.165) is 6.07 Å². The van der Waals surface area contributed by atoms with Gasteiger partial charge in [-0.05, 0) is 12.1 Å². The van der Waals surface area contributed by atoms with Crippen molar-refractivity contribution < 1.29 is 32.7 Å². The fourth-order valence-electron chi connectivity index (χ4n) is 1.34. The van der Waals surface area contributed by atoms with Crippen LogP contribution in [-0.4, -0.2) is 29.1 Å². The fraction of sp³-hybridized carbons (Fsp3) is 0.182. The lowest BCUT2D eigenvalue weighted by Gasteiger charge is -2.14. The second kappa shape index (κ2) is 6.59. The van der Waals surface area contributed by atoms with Crippen molar-refractivity contribution in [1.29, 1.82) is 0 Å². The molecule has 21 heavy (non-hydrogen) atoms. The number of rotatable bonds is 5. The van der Waals surface area contributed by atoms with E-state index < -0.39 is 53.5 Å². The first-order valence-electron chi connectivity index (χ1n) is 5.44. The van der Waals surface area contributed by atoms with Gasteiger partial charge in [0.2, 0.25) is 5.91 Å². The summed E-state index contributed by atoms with van der Waals surface area (Å²) in [6.45, 7) is 0. The standard InChI is InChI=1S/C11H10F3N3O4/c12-4-1-2-5(9(14)8(4)13)16-11(21)17-6(10(19)20)3-7(15)18/h1-2,6H,3H2,(H2,15,18)(H,19,20)(H2,16,17,21)/t6-/m0/s1. The molecule has 114 valence electrons. The number of anilines is 1. The monoisotopic (exact) mass is 305 g/mol. The number of benzene rings is 1. The van der Waals surface area contributed by atoms with Gasteiger partial charge < -0.3 is 21.5 Å². The Balaban J connectivity index is 2.79. The molecule has 0 radical (unpaired) electrons. The number of nitrogens with two attached hydrogens (primary N) is 1. The summed E-state index contributed by atoms with van der Waals surface area (Å²) in [5.74, 6) is -7.42. The molecular weight excluding hydrogens is 295 g/mol. The molecule has 3 amide bonds. The van der Waals surface area contributed by atoms with Crippen molar-refractivity contribution in [3.8, 4) is 0 Å². The Labute approximate surface area is 115 Å². The minimum Gasteiger partial charge on any atom is -0.480 e. The molecule has 0 saturated carbocycles. The lowest BCUT2D eigenvalue weighted by atomic mass is 10.2. The molecule has 5 N–H and O–H groups in total. The molecule has 0 aliphatic carbocycles. The van der Waals surface area contributed by atoms with Gasteiger partial charge in [-0.25, -0.2) is 22.8 Å². The largest absolute Gasteiger partial charge is 0.480 e. The summed E-state index contributed by atoms with van der Waals surface area (Å²) in [6.07, 6.45) is -0.691. The minimum absolute atomic E-state index is 0.576. The molecule has 0 heterocycles. The van der Waals surface area contributed by atoms with Crippen molar-refractivity contribution in [3.05, 3.63) is 29.6 Å². The number of nitrogens with one attached hydrogen (secondary N) is 2. The molecule has 1 rings (SSSR count). The number of amides is 3. The van der Waals surface area contributed by atoms with Crippen molar-refractivity contribution in [1.82, 2.24) is 5.32 Å². The van der Waals surface area contributed by atoms with Crippen molar-refractivity contribution >= 4 is 23.6 Å². The average molecular weight is 305 g/mol. The first kappa shape index (κ1) is 16.3. The number of hydrogen-bond acceptors (Lipinski definition) is 3. The molecule has 1 aromatic carbocycles. The van der Waals surface area contributed by atoms with Gasteiger partial charge in [-0.3, -0.25) is 4.79 Å². The van der Waals surface area contributed by atoms with Crippen LogP contribution in [0.25, 0.3) is 0 Å².